The Balaban J connectivity index is 2.99. The first-order chi connectivity index (χ1) is 9.87. The number of hydrogen-bond donors (Lipinski definition) is 2. The zero-order chi connectivity index (χ0) is 16.0. The minimum Gasteiger partial charge on any atom is -0.496 e. The van der Waals surface area contributed by atoms with Crippen LogP contribution in [0.2, 0.25) is 0 Å². The lowest BCUT2D eigenvalue weighted by molar-refractivity contribution is -0.138. The molecule has 5 nitrogen and oxygen atoms in total. The average Bonchev–Trinajstić information content (AvgIpc) is 2.46. The SMILES string of the molecule is CCC(CC)(CC(=O)O)NC(=O)c1ccc(C)c(OC)c1. The summed E-state index contributed by atoms with van der Waals surface area (Å²) >= 11 is 0. The summed E-state index contributed by atoms with van der Waals surface area (Å²) in [5.41, 5.74) is 0.687. The van der Waals surface area contributed by atoms with Crippen LogP contribution in [-0.2, 0) is 4.79 Å². The minimum atomic E-state index is -0.916. The highest BCUT2D eigenvalue weighted by Crippen LogP contribution is 2.23. The quantitative estimate of drug-likeness (QED) is 0.810. The minimum absolute atomic E-state index is 0.0886. The number of hydrogen-bond acceptors (Lipinski definition) is 3. The van der Waals surface area contributed by atoms with Crippen LogP contribution in [0.3, 0.4) is 0 Å². The van der Waals surface area contributed by atoms with Gasteiger partial charge in [0.15, 0.2) is 0 Å². The molecule has 0 aromatic heterocycles. The Labute approximate surface area is 125 Å². The molecule has 0 saturated carbocycles. The third-order valence-electron chi connectivity index (χ3n) is 3.89. The van der Waals surface area contributed by atoms with Gasteiger partial charge in [0, 0.05) is 5.56 Å². The molecule has 5 heteroatoms. The van der Waals surface area contributed by atoms with Gasteiger partial charge in [0.05, 0.1) is 19.1 Å². The molecule has 0 radical (unpaired) electrons. The molecule has 1 amide bonds. The predicted molar refractivity (Wildman–Crippen MR) is 80.8 cm³/mol. The molecule has 1 aromatic carbocycles. The van der Waals surface area contributed by atoms with Crippen LogP contribution in [0.4, 0.5) is 0 Å². The molecule has 0 fully saturated rings. The second-order valence-corrected chi connectivity index (χ2v) is 5.20. The van der Waals surface area contributed by atoms with Gasteiger partial charge in [-0.05, 0) is 37.5 Å². The van der Waals surface area contributed by atoms with Gasteiger partial charge in [-0.1, -0.05) is 19.9 Å². The van der Waals surface area contributed by atoms with E-state index in [2.05, 4.69) is 5.32 Å². The third-order valence-corrected chi connectivity index (χ3v) is 3.89. The summed E-state index contributed by atoms with van der Waals surface area (Å²) in [6, 6.07) is 5.19. The van der Waals surface area contributed by atoms with Crippen LogP contribution in [-0.4, -0.2) is 29.6 Å². The van der Waals surface area contributed by atoms with Crippen molar-refractivity contribution < 1.29 is 19.4 Å². The number of nitrogens with one attached hydrogen (secondary N) is 1. The van der Waals surface area contributed by atoms with E-state index in [1.807, 2.05) is 26.8 Å². The molecule has 0 aliphatic carbocycles. The number of aryl methyl sites for hydroxylation is 1. The summed E-state index contributed by atoms with van der Waals surface area (Å²) in [6.07, 6.45) is 1.03. The molecule has 0 unspecified atom stereocenters. The number of aliphatic carboxylic acids is 1. The highest BCUT2D eigenvalue weighted by Gasteiger charge is 2.31. The molecule has 116 valence electrons. The van der Waals surface area contributed by atoms with Crippen molar-refractivity contribution in [1.82, 2.24) is 5.32 Å². The summed E-state index contributed by atoms with van der Waals surface area (Å²) in [4.78, 5) is 23.4. The van der Waals surface area contributed by atoms with Crippen molar-refractivity contribution in [1.29, 1.82) is 0 Å². The van der Waals surface area contributed by atoms with E-state index >= 15 is 0 Å². The standard InChI is InChI=1S/C16H23NO4/c1-5-16(6-2,10-14(18)19)17-15(20)12-8-7-11(3)13(9-12)21-4/h7-9H,5-6,10H2,1-4H3,(H,17,20)(H,18,19). The summed E-state index contributed by atoms with van der Waals surface area (Å²) < 4.78 is 5.21. The van der Waals surface area contributed by atoms with Crippen LogP contribution in [0, 0.1) is 6.92 Å². The number of amides is 1. The zero-order valence-electron chi connectivity index (χ0n) is 13.0. The second kappa shape index (κ2) is 7.11. The van der Waals surface area contributed by atoms with Gasteiger partial charge in [0.25, 0.3) is 5.91 Å². The van der Waals surface area contributed by atoms with Crippen LogP contribution in [0.15, 0.2) is 18.2 Å². The van der Waals surface area contributed by atoms with Crippen LogP contribution >= 0.6 is 0 Å². The van der Waals surface area contributed by atoms with E-state index in [1.54, 1.807) is 19.2 Å². The van der Waals surface area contributed by atoms with Gasteiger partial charge >= 0.3 is 5.97 Å². The van der Waals surface area contributed by atoms with E-state index < -0.39 is 11.5 Å². The highest BCUT2D eigenvalue weighted by molar-refractivity contribution is 5.95. The molecule has 1 rings (SSSR count). The van der Waals surface area contributed by atoms with Crippen molar-refractivity contribution >= 4 is 11.9 Å². The molecular weight excluding hydrogens is 270 g/mol. The summed E-state index contributed by atoms with van der Waals surface area (Å²) in [5, 5.41) is 11.9. The van der Waals surface area contributed by atoms with E-state index in [0.29, 0.717) is 24.2 Å². The number of ether oxygens (including phenoxy) is 1. The van der Waals surface area contributed by atoms with E-state index in [1.165, 1.54) is 0 Å². The molecular formula is C16H23NO4. The van der Waals surface area contributed by atoms with Gasteiger partial charge < -0.3 is 15.2 Å². The first-order valence-electron chi connectivity index (χ1n) is 7.06. The summed E-state index contributed by atoms with van der Waals surface area (Å²) in [7, 11) is 1.55. The van der Waals surface area contributed by atoms with Crippen molar-refractivity contribution in [3.8, 4) is 5.75 Å². The largest absolute Gasteiger partial charge is 0.496 e. The van der Waals surface area contributed by atoms with E-state index in [-0.39, 0.29) is 12.3 Å². The topological polar surface area (TPSA) is 75.6 Å². The fraction of sp³-hybridized carbons (Fsp3) is 0.500. The lowest BCUT2D eigenvalue weighted by atomic mass is 9.88. The Kier molecular flexibility index (Phi) is 5.76. The number of rotatable bonds is 7. The number of carboxylic acids is 1. The van der Waals surface area contributed by atoms with Crippen molar-refractivity contribution in [2.24, 2.45) is 0 Å². The van der Waals surface area contributed by atoms with Crippen LogP contribution in [0.5, 0.6) is 5.75 Å². The number of carbonyl (C=O) groups is 2. The number of benzene rings is 1. The van der Waals surface area contributed by atoms with Crippen molar-refractivity contribution in [3.05, 3.63) is 29.3 Å². The van der Waals surface area contributed by atoms with E-state index in [4.69, 9.17) is 9.84 Å². The molecule has 0 heterocycles. The van der Waals surface area contributed by atoms with Crippen LogP contribution < -0.4 is 10.1 Å². The fourth-order valence-electron chi connectivity index (χ4n) is 2.28. The normalized spacial score (nSPS) is 11.0. The van der Waals surface area contributed by atoms with Gasteiger partial charge in [-0.2, -0.15) is 0 Å². The molecule has 0 atom stereocenters. The zero-order valence-corrected chi connectivity index (χ0v) is 13.0. The van der Waals surface area contributed by atoms with Gasteiger partial charge in [-0.25, -0.2) is 0 Å². The Morgan fingerprint density at radius 1 is 1.29 bits per heavy atom. The molecule has 0 aliphatic rings. The Hall–Kier alpha value is -2.04. The van der Waals surface area contributed by atoms with Gasteiger partial charge in [-0.15, -0.1) is 0 Å². The van der Waals surface area contributed by atoms with Crippen LogP contribution in [0.25, 0.3) is 0 Å². The monoisotopic (exact) mass is 293 g/mol. The van der Waals surface area contributed by atoms with Crippen molar-refractivity contribution in [2.45, 2.75) is 45.6 Å². The highest BCUT2D eigenvalue weighted by atomic mass is 16.5. The number of carboxylic acid groups (broad SMARTS) is 1. The molecule has 0 aliphatic heterocycles. The van der Waals surface area contributed by atoms with Gasteiger partial charge in [0.1, 0.15) is 5.75 Å². The Morgan fingerprint density at radius 2 is 1.90 bits per heavy atom. The van der Waals surface area contributed by atoms with Crippen molar-refractivity contribution in [3.63, 3.8) is 0 Å². The number of carbonyl (C=O) groups excluding carboxylic acids is 1. The first-order valence-corrected chi connectivity index (χ1v) is 7.06. The van der Waals surface area contributed by atoms with Gasteiger partial charge in [-0.3, -0.25) is 9.59 Å². The van der Waals surface area contributed by atoms with Crippen molar-refractivity contribution in [2.75, 3.05) is 7.11 Å². The maximum absolute atomic E-state index is 12.4. The Bertz CT molecular complexity index is 521. The average molecular weight is 293 g/mol. The molecule has 21 heavy (non-hydrogen) atoms. The third kappa shape index (κ3) is 4.21. The Morgan fingerprint density at radius 3 is 2.38 bits per heavy atom. The lowest BCUT2D eigenvalue weighted by Gasteiger charge is -2.31. The van der Waals surface area contributed by atoms with E-state index in [0.717, 1.165) is 5.56 Å². The lowest BCUT2D eigenvalue weighted by Crippen LogP contribution is -2.49. The smallest absolute Gasteiger partial charge is 0.305 e. The summed E-state index contributed by atoms with van der Waals surface area (Å²) in [5.74, 6) is -0.557. The maximum atomic E-state index is 12.4. The van der Waals surface area contributed by atoms with Gasteiger partial charge in [0.2, 0.25) is 0 Å². The molecule has 0 bridgehead atoms. The van der Waals surface area contributed by atoms with Crippen LogP contribution in [0.1, 0.15) is 49.0 Å². The predicted octanol–water partition coefficient (Wildman–Crippen LogP) is 2.77. The molecule has 1 aromatic rings. The fourth-order valence-corrected chi connectivity index (χ4v) is 2.28. The number of methoxy groups -OCH3 is 1. The molecule has 0 saturated heterocycles. The molecule has 0 spiro atoms. The molecule has 2 N–H and O–H groups in total. The summed E-state index contributed by atoms with van der Waals surface area (Å²) in [6.45, 7) is 5.65. The second-order valence-electron chi connectivity index (χ2n) is 5.20. The first kappa shape index (κ1) is 17.0. The van der Waals surface area contributed by atoms with E-state index in [9.17, 15) is 9.59 Å². The maximum Gasteiger partial charge on any atom is 0.305 e.